The normalized spacial score (nSPS) is 10.3. The molecule has 0 atom stereocenters. The van der Waals surface area contributed by atoms with Gasteiger partial charge in [-0.2, -0.15) is 0 Å². The summed E-state index contributed by atoms with van der Waals surface area (Å²) in [6.07, 6.45) is 0. The minimum absolute atomic E-state index is 0.0292. The summed E-state index contributed by atoms with van der Waals surface area (Å²) in [6.45, 7) is 4.43. The van der Waals surface area contributed by atoms with Crippen LogP contribution in [0.1, 0.15) is 29.8 Å². The molecule has 0 aliphatic heterocycles. The molecule has 0 radical (unpaired) electrons. The van der Waals surface area contributed by atoms with Crippen molar-refractivity contribution < 1.29 is 14.5 Å². The molecule has 0 fully saturated rings. The quantitative estimate of drug-likeness (QED) is 0.387. The highest BCUT2D eigenvalue weighted by molar-refractivity contribution is 6.05. The van der Waals surface area contributed by atoms with E-state index in [4.69, 9.17) is 0 Å². The van der Waals surface area contributed by atoms with Crippen molar-refractivity contribution in [3.63, 3.8) is 0 Å². The molecule has 0 bridgehead atoms. The van der Waals surface area contributed by atoms with Crippen LogP contribution in [0.25, 0.3) is 0 Å². The Morgan fingerprint density at radius 1 is 0.969 bits per heavy atom. The first kappa shape index (κ1) is 22.5. The number of carbonyl (C=O) groups is 2. The highest BCUT2D eigenvalue weighted by Gasteiger charge is 2.18. The third-order valence-corrected chi connectivity index (χ3v) is 4.89. The van der Waals surface area contributed by atoms with Gasteiger partial charge in [0.15, 0.2) is 0 Å². The summed E-state index contributed by atoms with van der Waals surface area (Å²) in [5.74, 6) is -0.492. The summed E-state index contributed by atoms with van der Waals surface area (Å²) in [5, 5.41) is 17.4. The number of benzene rings is 3. The summed E-state index contributed by atoms with van der Waals surface area (Å²) in [5.41, 5.74) is 2.38. The van der Waals surface area contributed by atoms with E-state index in [0.717, 1.165) is 5.56 Å². The zero-order valence-corrected chi connectivity index (χ0v) is 17.9. The van der Waals surface area contributed by atoms with Crippen molar-refractivity contribution in [2.45, 2.75) is 20.4 Å². The predicted molar refractivity (Wildman–Crippen MR) is 124 cm³/mol. The van der Waals surface area contributed by atoms with Gasteiger partial charge in [-0.05, 0) is 48.9 Å². The standard InChI is InChI=1S/C24H24N4O4/c1-3-27(17(2)29)16-18-8-7-11-21(14-18)26-24(30)19-12-13-22(23(15-19)28(31)32)25-20-9-5-4-6-10-20/h4-15,25H,3,16H2,1-2H3,(H,26,30). The third-order valence-electron chi connectivity index (χ3n) is 4.89. The molecule has 3 aromatic rings. The number of amides is 2. The Kier molecular flexibility index (Phi) is 7.17. The first-order valence-electron chi connectivity index (χ1n) is 10.1. The summed E-state index contributed by atoms with van der Waals surface area (Å²) >= 11 is 0. The summed E-state index contributed by atoms with van der Waals surface area (Å²) in [4.78, 5) is 37.1. The fourth-order valence-electron chi connectivity index (χ4n) is 3.22. The molecule has 3 aromatic carbocycles. The van der Waals surface area contributed by atoms with E-state index in [9.17, 15) is 19.7 Å². The van der Waals surface area contributed by atoms with Crippen LogP contribution in [0.3, 0.4) is 0 Å². The van der Waals surface area contributed by atoms with Gasteiger partial charge in [-0.3, -0.25) is 19.7 Å². The van der Waals surface area contributed by atoms with E-state index in [-0.39, 0.29) is 17.2 Å². The van der Waals surface area contributed by atoms with Crippen LogP contribution in [0, 0.1) is 10.1 Å². The van der Waals surface area contributed by atoms with Crippen molar-refractivity contribution in [3.8, 4) is 0 Å². The third kappa shape index (κ3) is 5.69. The maximum Gasteiger partial charge on any atom is 0.293 e. The Balaban J connectivity index is 1.78. The van der Waals surface area contributed by atoms with Crippen molar-refractivity contribution in [2.24, 2.45) is 0 Å². The molecule has 0 spiro atoms. The first-order valence-corrected chi connectivity index (χ1v) is 10.1. The Labute approximate surface area is 186 Å². The number of carbonyl (C=O) groups excluding carboxylic acids is 2. The predicted octanol–water partition coefficient (Wildman–Crippen LogP) is 4.96. The molecule has 2 N–H and O–H groups in total. The molecule has 0 aliphatic rings. The minimum atomic E-state index is -0.524. The van der Waals surface area contributed by atoms with E-state index in [1.54, 1.807) is 35.2 Å². The average Bonchev–Trinajstić information content (AvgIpc) is 2.78. The Hall–Kier alpha value is -4.20. The van der Waals surface area contributed by atoms with Gasteiger partial charge in [-0.25, -0.2) is 0 Å². The lowest BCUT2D eigenvalue weighted by Gasteiger charge is -2.19. The van der Waals surface area contributed by atoms with Crippen molar-refractivity contribution in [1.82, 2.24) is 4.90 Å². The van der Waals surface area contributed by atoms with Crippen molar-refractivity contribution in [3.05, 3.63) is 94.0 Å². The van der Waals surface area contributed by atoms with Gasteiger partial charge < -0.3 is 15.5 Å². The molecule has 0 aromatic heterocycles. The number of nitrogens with one attached hydrogen (secondary N) is 2. The molecule has 0 heterocycles. The van der Waals surface area contributed by atoms with Gasteiger partial charge in [0.1, 0.15) is 5.69 Å². The van der Waals surface area contributed by atoms with Crippen molar-refractivity contribution in [1.29, 1.82) is 0 Å². The maximum absolute atomic E-state index is 12.7. The number of hydrogen-bond acceptors (Lipinski definition) is 5. The van der Waals surface area contributed by atoms with E-state index >= 15 is 0 Å². The van der Waals surface area contributed by atoms with Crippen LogP contribution in [-0.4, -0.2) is 28.2 Å². The molecule has 0 unspecified atom stereocenters. The number of nitro groups is 1. The molecular formula is C24H24N4O4. The van der Waals surface area contributed by atoms with E-state index in [1.165, 1.54) is 25.1 Å². The summed E-state index contributed by atoms with van der Waals surface area (Å²) in [7, 11) is 0. The van der Waals surface area contributed by atoms with Crippen LogP contribution >= 0.6 is 0 Å². The topological polar surface area (TPSA) is 105 Å². The maximum atomic E-state index is 12.7. The molecule has 3 rings (SSSR count). The largest absolute Gasteiger partial charge is 0.350 e. The average molecular weight is 432 g/mol. The summed E-state index contributed by atoms with van der Waals surface area (Å²) in [6, 6.07) is 20.5. The van der Waals surface area contributed by atoms with E-state index in [0.29, 0.717) is 30.2 Å². The Morgan fingerprint density at radius 3 is 2.34 bits per heavy atom. The van der Waals surface area contributed by atoms with Crippen LogP contribution in [0.15, 0.2) is 72.8 Å². The molecule has 32 heavy (non-hydrogen) atoms. The van der Waals surface area contributed by atoms with Gasteiger partial charge in [0, 0.05) is 43.0 Å². The molecule has 0 saturated carbocycles. The van der Waals surface area contributed by atoms with Gasteiger partial charge in [-0.15, -0.1) is 0 Å². The highest BCUT2D eigenvalue weighted by Crippen LogP contribution is 2.29. The molecular weight excluding hydrogens is 408 g/mol. The van der Waals surface area contributed by atoms with Crippen LogP contribution in [-0.2, 0) is 11.3 Å². The zero-order chi connectivity index (χ0) is 23.1. The van der Waals surface area contributed by atoms with Crippen molar-refractivity contribution in [2.75, 3.05) is 17.2 Å². The second kappa shape index (κ2) is 10.2. The minimum Gasteiger partial charge on any atom is -0.350 e. The monoisotopic (exact) mass is 432 g/mol. The van der Waals surface area contributed by atoms with Gasteiger partial charge in [-0.1, -0.05) is 30.3 Å². The second-order valence-electron chi connectivity index (χ2n) is 7.17. The van der Waals surface area contributed by atoms with Gasteiger partial charge in [0.2, 0.25) is 5.91 Å². The fraction of sp³-hybridized carbons (Fsp3) is 0.167. The lowest BCUT2D eigenvalue weighted by atomic mass is 10.1. The number of para-hydroxylation sites is 1. The van der Waals surface area contributed by atoms with Gasteiger partial charge >= 0.3 is 0 Å². The van der Waals surface area contributed by atoms with Crippen LogP contribution in [0.5, 0.6) is 0 Å². The number of anilines is 3. The summed E-state index contributed by atoms with van der Waals surface area (Å²) < 4.78 is 0. The number of hydrogen-bond donors (Lipinski definition) is 2. The molecule has 8 nitrogen and oxygen atoms in total. The molecule has 0 saturated heterocycles. The highest BCUT2D eigenvalue weighted by atomic mass is 16.6. The SMILES string of the molecule is CCN(Cc1cccc(NC(=O)c2ccc(Nc3ccccc3)c([N+](=O)[O-])c2)c1)C(C)=O. The van der Waals surface area contributed by atoms with Crippen LogP contribution in [0.2, 0.25) is 0 Å². The molecule has 8 heteroatoms. The van der Waals surface area contributed by atoms with Gasteiger partial charge in [0.05, 0.1) is 4.92 Å². The smallest absolute Gasteiger partial charge is 0.293 e. The second-order valence-corrected chi connectivity index (χ2v) is 7.17. The molecule has 0 aliphatic carbocycles. The zero-order valence-electron chi connectivity index (χ0n) is 17.9. The van der Waals surface area contributed by atoms with Crippen molar-refractivity contribution >= 4 is 34.6 Å². The number of rotatable bonds is 8. The first-order chi connectivity index (χ1) is 15.4. The Morgan fingerprint density at radius 2 is 1.69 bits per heavy atom. The van der Waals surface area contributed by atoms with Crippen LogP contribution < -0.4 is 10.6 Å². The van der Waals surface area contributed by atoms with Gasteiger partial charge in [0.25, 0.3) is 11.6 Å². The number of nitrogens with zero attached hydrogens (tertiary/aromatic N) is 2. The van der Waals surface area contributed by atoms with Crippen LogP contribution in [0.4, 0.5) is 22.7 Å². The van der Waals surface area contributed by atoms with E-state index < -0.39 is 10.8 Å². The number of nitro benzene ring substituents is 1. The van der Waals surface area contributed by atoms with E-state index in [2.05, 4.69) is 10.6 Å². The lowest BCUT2D eigenvalue weighted by Crippen LogP contribution is -2.27. The molecule has 164 valence electrons. The van der Waals surface area contributed by atoms with E-state index in [1.807, 2.05) is 31.2 Å². The fourth-order valence-corrected chi connectivity index (χ4v) is 3.22. The molecule has 2 amide bonds. The Bertz CT molecular complexity index is 1130. The lowest BCUT2D eigenvalue weighted by molar-refractivity contribution is -0.383.